The molecule has 0 atom stereocenters. The lowest BCUT2D eigenvalue weighted by molar-refractivity contribution is 0.0242. The number of aromatic nitrogens is 1. The van der Waals surface area contributed by atoms with Crippen LogP contribution in [0.25, 0.3) is 11.3 Å². The second-order valence-electron chi connectivity index (χ2n) is 8.65. The lowest BCUT2D eigenvalue weighted by atomic mass is 10.0. The van der Waals surface area contributed by atoms with Gasteiger partial charge in [-0.15, -0.1) is 0 Å². The van der Waals surface area contributed by atoms with Crippen LogP contribution in [0, 0.1) is 0 Å². The first-order valence-corrected chi connectivity index (χ1v) is 12.1. The van der Waals surface area contributed by atoms with E-state index in [-0.39, 0.29) is 6.09 Å². The van der Waals surface area contributed by atoms with E-state index in [1.165, 1.54) is 0 Å². The van der Waals surface area contributed by atoms with Gasteiger partial charge >= 0.3 is 6.09 Å². The molecule has 0 unspecified atom stereocenters. The van der Waals surface area contributed by atoms with E-state index in [1.54, 1.807) is 4.90 Å². The van der Waals surface area contributed by atoms with Gasteiger partial charge in [0, 0.05) is 24.7 Å². The molecule has 6 heteroatoms. The maximum atomic E-state index is 12.3. The number of benzene rings is 1. The molecule has 1 aromatic carbocycles. The zero-order chi connectivity index (χ0) is 18.4. The number of rotatable bonds is 2. The van der Waals surface area contributed by atoms with E-state index in [9.17, 15) is 4.79 Å². The van der Waals surface area contributed by atoms with E-state index in [0.29, 0.717) is 13.1 Å². The summed E-state index contributed by atoms with van der Waals surface area (Å²) in [5.41, 5.74) is 3.70. The molecule has 0 aliphatic carbocycles. The molecule has 5 nitrogen and oxygen atoms in total. The maximum absolute atomic E-state index is 12.3. The standard InChI is InChI=1S/C19H26N2O3Si/c1-19(2,3)23-18(22)21-11-14-8-7-13(9-15(14)12-21)16-10-17(24-20-16)25(4,5)6/h7-10H,11-12H2,1-6H3. The number of carbonyl (C=O) groups is 1. The Morgan fingerprint density at radius 1 is 1.16 bits per heavy atom. The molecule has 0 fully saturated rings. The van der Waals surface area contributed by atoms with Gasteiger partial charge in [0.25, 0.3) is 0 Å². The molecule has 2 heterocycles. The lowest BCUT2D eigenvalue weighted by Gasteiger charge is -2.24. The molecule has 134 valence electrons. The van der Waals surface area contributed by atoms with Crippen molar-refractivity contribution in [2.45, 2.75) is 59.1 Å². The van der Waals surface area contributed by atoms with Crippen molar-refractivity contribution < 1.29 is 14.1 Å². The Morgan fingerprint density at radius 3 is 2.44 bits per heavy atom. The number of amides is 1. The first-order chi connectivity index (χ1) is 11.5. The molecule has 1 aliphatic rings. The smallest absolute Gasteiger partial charge is 0.410 e. The summed E-state index contributed by atoms with van der Waals surface area (Å²) in [6, 6.07) is 8.27. The van der Waals surface area contributed by atoms with Gasteiger partial charge < -0.3 is 9.26 Å². The van der Waals surface area contributed by atoms with Crippen LogP contribution in [0.1, 0.15) is 31.9 Å². The Morgan fingerprint density at radius 2 is 1.84 bits per heavy atom. The highest BCUT2D eigenvalue weighted by molar-refractivity contribution is 6.87. The predicted molar refractivity (Wildman–Crippen MR) is 100 cm³/mol. The van der Waals surface area contributed by atoms with Gasteiger partial charge in [0.1, 0.15) is 24.8 Å². The summed E-state index contributed by atoms with van der Waals surface area (Å²) in [4.78, 5) is 14.0. The highest BCUT2D eigenvalue weighted by Gasteiger charge is 2.28. The molecule has 0 radical (unpaired) electrons. The van der Waals surface area contributed by atoms with E-state index in [4.69, 9.17) is 9.26 Å². The highest BCUT2D eigenvalue weighted by Crippen LogP contribution is 2.29. The molecule has 0 saturated carbocycles. The van der Waals surface area contributed by atoms with Crippen LogP contribution in [0.3, 0.4) is 0 Å². The zero-order valence-electron chi connectivity index (χ0n) is 15.8. The van der Waals surface area contributed by atoms with Gasteiger partial charge in [-0.3, -0.25) is 4.90 Å². The van der Waals surface area contributed by atoms with Crippen LogP contribution in [-0.2, 0) is 17.8 Å². The SMILES string of the molecule is CC(C)(C)OC(=O)N1Cc2ccc(-c3cc([Si](C)(C)C)on3)cc2C1. The molecule has 0 bridgehead atoms. The number of nitrogens with zero attached hydrogens (tertiary/aromatic N) is 2. The average Bonchev–Trinajstić information content (AvgIpc) is 3.11. The van der Waals surface area contributed by atoms with Crippen LogP contribution in [0.2, 0.25) is 19.6 Å². The van der Waals surface area contributed by atoms with Gasteiger partial charge in [-0.2, -0.15) is 0 Å². The van der Waals surface area contributed by atoms with Crippen LogP contribution in [-0.4, -0.2) is 29.8 Å². The first kappa shape index (κ1) is 17.7. The number of carbonyl (C=O) groups excluding carboxylic acids is 1. The molecule has 3 rings (SSSR count). The highest BCUT2D eigenvalue weighted by atomic mass is 28.3. The fourth-order valence-electron chi connectivity index (χ4n) is 2.77. The summed E-state index contributed by atoms with van der Waals surface area (Å²) in [6.07, 6.45) is -0.271. The van der Waals surface area contributed by atoms with E-state index in [1.807, 2.05) is 26.8 Å². The summed E-state index contributed by atoms with van der Waals surface area (Å²) < 4.78 is 11.0. The summed E-state index contributed by atoms with van der Waals surface area (Å²) in [6.45, 7) is 13.5. The number of fused-ring (bicyclic) bond motifs is 1. The quantitative estimate of drug-likeness (QED) is 0.757. The van der Waals surface area contributed by atoms with E-state index < -0.39 is 13.7 Å². The number of ether oxygens (including phenoxy) is 1. The number of hydrogen-bond acceptors (Lipinski definition) is 4. The second kappa shape index (κ2) is 6.02. The molecule has 2 aromatic rings. The average molecular weight is 359 g/mol. The van der Waals surface area contributed by atoms with Crippen LogP contribution in [0.5, 0.6) is 0 Å². The zero-order valence-corrected chi connectivity index (χ0v) is 16.8. The summed E-state index contributed by atoms with van der Waals surface area (Å²) in [5.74, 6) is 0. The molecule has 1 aliphatic heterocycles. The van der Waals surface area contributed by atoms with E-state index >= 15 is 0 Å². The number of hydrogen-bond donors (Lipinski definition) is 0. The van der Waals surface area contributed by atoms with Crippen molar-refractivity contribution in [2.24, 2.45) is 0 Å². The Labute approximate surface area is 150 Å². The third-order valence-electron chi connectivity index (χ3n) is 4.13. The normalized spacial score (nSPS) is 14.6. The molecule has 0 spiro atoms. The molecule has 0 saturated heterocycles. The predicted octanol–water partition coefficient (Wildman–Crippen LogP) is 4.14. The minimum absolute atomic E-state index is 0.271. The Balaban J connectivity index is 1.79. The molecule has 0 N–H and O–H groups in total. The molecule has 1 amide bonds. The topological polar surface area (TPSA) is 55.6 Å². The minimum atomic E-state index is -1.51. The Kier molecular flexibility index (Phi) is 4.27. The van der Waals surface area contributed by atoms with Crippen molar-refractivity contribution in [3.8, 4) is 11.3 Å². The summed E-state index contributed by atoms with van der Waals surface area (Å²) in [5, 5.41) is 5.23. The van der Waals surface area contributed by atoms with Crippen molar-refractivity contribution in [1.29, 1.82) is 0 Å². The molecular formula is C19H26N2O3Si. The van der Waals surface area contributed by atoms with Gasteiger partial charge in [-0.05, 0) is 38.0 Å². The van der Waals surface area contributed by atoms with Gasteiger partial charge in [-0.25, -0.2) is 4.79 Å². The van der Waals surface area contributed by atoms with Crippen LogP contribution in [0.4, 0.5) is 4.79 Å². The molecule has 25 heavy (non-hydrogen) atoms. The fraction of sp³-hybridized carbons (Fsp3) is 0.474. The van der Waals surface area contributed by atoms with Crippen molar-refractivity contribution in [1.82, 2.24) is 10.1 Å². The van der Waals surface area contributed by atoms with Crippen molar-refractivity contribution >= 4 is 19.6 Å². The monoisotopic (exact) mass is 358 g/mol. The van der Waals surface area contributed by atoms with Crippen molar-refractivity contribution in [2.75, 3.05) is 0 Å². The van der Waals surface area contributed by atoms with Gasteiger partial charge in [0.15, 0.2) is 0 Å². The third kappa shape index (κ3) is 3.95. The largest absolute Gasteiger partial charge is 0.444 e. The second-order valence-corrected chi connectivity index (χ2v) is 13.6. The van der Waals surface area contributed by atoms with Crippen molar-refractivity contribution in [3.63, 3.8) is 0 Å². The van der Waals surface area contributed by atoms with Crippen LogP contribution in [0.15, 0.2) is 28.8 Å². The van der Waals surface area contributed by atoms with Gasteiger partial charge in [0.2, 0.25) is 0 Å². The van der Waals surface area contributed by atoms with Gasteiger partial charge in [-0.1, -0.05) is 36.9 Å². The fourth-order valence-corrected chi connectivity index (χ4v) is 3.66. The lowest BCUT2D eigenvalue weighted by Crippen LogP contribution is -2.36. The summed E-state index contributed by atoms with van der Waals surface area (Å²) >= 11 is 0. The minimum Gasteiger partial charge on any atom is -0.444 e. The van der Waals surface area contributed by atoms with E-state index in [2.05, 4.69) is 43.0 Å². The first-order valence-electron chi connectivity index (χ1n) is 8.60. The van der Waals surface area contributed by atoms with Crippen molar-refractivity contribution in [3.05, 3.63) is 35.4 Å². The maximum Gasteiger partial charge on any atom is 0.410 e. The third-order valence-corrected chi connectivity index (χ3v) is 5.84. The molecule has 1 aromatic heterocycles. The molecular weight excluding hydrogens is 332 g/mol. The Hall–Kier alpha value is -2.08. The summed E-state index contributed by atoms with van der Waals surface area (Å²) in [7, 11) is -1.51. The van der Waals surface area contributed by atoms with Gasteiger partial charge in [0.05, 0.1) is 0 Å². The Bertz CT molecular complexity index is 800. The van der Waals surface area contributed by atoms with E-state index in [0.717, 1.165) is 27.8 Å². The van der Waals surface area contributed by atoms with Crippen LogP contribution >= 0.6 is 0 Å². The van der Waals surface area contributed by atoms with Crippen LogP contribution < -0.4 is 5.38 Å².